The predicted octanol–water partition coefficient (Wildman–Crippen LogP) is 12.2. The molecule has 1 atom stereocenters. The quantitative estimate of drug-likeness (QED) is 0.0182. The van der Waals surface area contributed by atoms with Gasteiger partial charge in [0.1, 0.15) is 23.9 Å². The monoisotopic (exact) mass is 1010 g/mol. The van der Waals surface area contributed by atoms with Crippen LogP contribution < -0.4 is 0 Å². The van der Waals surface area contributed by atoms with Gasteiger partial charge in [-0.15, -0.1) is 0 Å². The minimum Gasteiger partial charge on any atom is -0.469 e. The summed E-state index contributed by atoms with van der Waals surface area (Å²) in [5.74, 6) is -1.82. The van der Waals surface area contributed by atoms with Crippen molar-refractivity contribution in [3.8, 4) is 0 Å². The van der Waals surface area contributed by atoms with E-state index < -0.39 is 11.8 Å². The molecular weight excluding hydrogens is 921 g/mol. The molecule has 72 heavy (non-hydrogen) atoms. The molecule has 0 spiro atoms. The van der Waals surface area contributed by atoms with Crippen molar-refractivity contribution >= 4 is 59.4 Å². The zero-order valence-electron chi connectivity index (χ0n) is 45.1. The Balaban J connectivity index is -0.00000123. The summed E-state index contributed by atoms with van der Waals surface area (Å²) >= 11 is 0. The predicted molar refractivity (Wildman–Crippen MR) is 281 cm³/mol. The number of unbranched alkanes of at least 4 members (excludes halogenated alkanes) is 23. The van der Waals surface area contributed by atoms with Gasteiger partial charge in [-0.1, -0.05) is 149 Å². The number of ether oxygens (including phenoxy) is 2. The first-order valence-electron chi connectivity index (χ1n) is 27.4. The van der Waals surface area contributed by atoms with Gasteiger partial charge in [0.15, 0.2) is 5.78 Å². The molecule has 0 heterocycles. The van der Waals surface area contributed by atoms with Crippen LogP contribution in [0, 0.1) is 11.8 Å². The Bertz CT molecular complexity index is 1550. The van der Waals surface area contributed by atoms with Crippen LogP contribution in [0.25, 0.3) is 0 Å². The van der Waals surface area contributed by atoms with E-state index >= 15 is 0 Å². The molecule has 16 heteroatoms. The fraction of sp³-hybridized carbons (Fsp3) is 0.821. The molecule has 0 aliphatic rings. The third-order valence-electron chi connectivity index (χ3n) is 12.3. The van der Waals surface area contributed by atoms with Crippen molar-refractivity contribution in [1.29, 1.82) is 0 Å². The number of isocyanates is 4. The Morgan fingerprint density at radius 1 is 0.333 bits per heavy atom. The van der Waals surface area contributed by atoms with Gasteiger partial charge in [0.25, 0.3) is 0 Å². The van der Waals surface area contributed by atoms with Gasteiger partial charge in [-0.2, -0.15) is 4.99 Å². The van der Waals surface area contributed by atoms with E-state index in [9.17, 15) is 47.9 Å². The van der Waals surface area contributed by atoms with Gasteiger partial charge < -0.3 is 9.47 Å². The maximum Gasteiger partial charge on any atom is 0.305 e. The number of nitrogens with zero attached hydrogens (tertiary/aromatic N) is 4. The van der Waals surface area contributed by atoms with Crippen molar-refractivity contribution in [2.24, 2.45) is 31.8 Å². The summed E-state index contributed by atoms with van der Waals surface area (Å²) < 4.78 is 9.29. The lowest BCUT2D eigenvalue weighted by Crippen LogP contribution is -2.26. The summed E-state index contributed by atoms with van der Waals surface area (Å²) in [4.78, 5) is 127. The number of Topliss-reactive ketones (excluding diaryl/α,β-unsaturated/α-hetero) is 4. The van der Waals surface area contributed by atoms with Crippen molar-refractivity contribution < 1.29 is 57.4 Å². The van der Waals surface area contributed by atoms with Crippen LogP contribution in [-0.2, 0) is 57.4 Å². The van der Waals surface area contributed by atoms with Crippen LogP contribution in [0.5, 0.6) is 0 Å². The number of aliphatic imine (C=N–C) groups is 4. The highest BCUT2D eigenvalue weighted by atomic mass is 16.5. The summed E-state index contributed by atoms with van der Waals surface area (Å²) in [5.41, 5.74) is 0. The molecular formula is C56H94N4O12. The number of esters is 2. The van der Waals surface area contributed by atoms with E-state index in [2.05, 4.69) is 43.3 Å². The van der Waals surface area contributed by atoms with Crippen LogP contribution in [0.3, 0.4) is 0 Å². The average Bonchev–Trinajstić information content (AvgIpc) is 3.38. The highest BCUT2D eigenvalue weighted by Crippen LogP contribution is 2.21. The van der Waals surface area contributed by atoms with Crippen LogP contribution in [-0.4, -0.2) is 99.8 Å². The Labute approximate surface area is 432 Å². The fourth-order valence-corrected chi connectivity index (χ4v) is 7.94. The van der Waals surface area contributed by atoms with E-state index in [0.717, 1.165) is 154 Å². The maximum atomic E-state index is 13.0. The molecule has 0 fully saturated rings. The number of carbonyl (C=O) groups excluding carboxylic acids is 10. The van der Waals surface area contributed by atoms with E-state index in [0.29, 0.717) is 71.0 Å². The lowest BCUT2D eigenvalue weighted by atomic mass is 9.87. The molecule has 0 N–H and O–H groups in total. The summed E-state index contributed by atoms with van der Waals surface area (Å²) in [6, 6.07) is 0. The smallest absolute Gasteiger partial charge is 0.305 e. The van der Waals surface area contributed by atoms with Gasteiger partial charge >= 0.3 is 11.9 Å². The summed E-state index contributed by atoms with van der Waals surface area (Å²) in [7, 11) is 2.81. The Morgan fingerprint density at radius 3 is 0.889 bits per heavy atom. The molecule has 1 unspecified atom stereocenters. The van der Waals surface area contributed by atoms with E-state index in [1.54, 1.807) is 6.08 Å². The first-order chi connectivity index (χ1) is 35.0. The minimum absolute atomic E-state index is 0.0778. The van der Waals surface area contributed by atoms with E-state index in [1.165, 1.54) is 58.1 Å². The number of methoxy groups -OCH3 is 2. The molecule has 0 aromatic heterocycles. The molecule has 0 amide bonds. The summed E-state index contributed by atoms with van der Waals surface area (Å²) in [5, 5.41) is 0. The third kappa shape index (κ3) is 51.5. The molecule has 0 aliphatic carbocycles. The standard InChI is InChI=1S/C30H51NO7.C20H29N3O5.C6H14/c1-37-29(35)22-16-9-5-3-7-14-20-27(33)26(19-13-11-12-18-24-31-25-32)28(34)21-15-8-4-6-10-17-23-30(36)38-2;24-15-21-12-8-4-1-2-7-11-19(27)18(20(28)14-23-17-26)10-6-3-5-9-13-22-16-25;1-3-5-6-4-2/h26H,3-24H2,1-2H3;18H,1-14H2;3-6H2,1-2H3. The van der Waals surface area contributed by atoms with Crippen LogP contribution in [0.2, 0.25) is 0 Å². The van der Waals surface area contributed by atoms with Crippen molar-refractivity contribution in [3.63, 3.8) is 0 Å². The minimum atomic E-state index is -0.716. The van der Waals surface area contributed by atoms with E-state index in [1.807, 2.05) is 0 Å². The normalized spacial score (nSPS) is 10.6. The highest BCUT2D eigenvalue weighted by Gasteiger charge is 2.26. The summed E-state index contributed by atoms with van der Waals surface area (Å²) in [6.07, 6.45) is 36.8. The Kier molecular flexibility index (Phi) is 58.2. The second kappa shape index (κ2) is 58.7. The second-order valence-corrected chi connectivity index (χ2v) is 18.3. The Hall–Kier alpha value is -4.86. The van der Waals surface area contributed by atoms with E-state index in [-0.39, 0.29) is 41.6 Å². The number of ketones is 4. The molecule has 410 valence electrons. The van der Waals surface area contributed by atoms with Gasteiger partial charge in [-0.3, -0.25) is 28.8 Å². The molecule has 0 saturated carbocycles. The largest absolute Gasteiger partial charge is 0.469 e. The van der Waals surface area contributed by atoms with Gasteiger partial charge in [0.2, 0.25) is 24.3 Å². The molecule has 0 aliphatic heterocycles. The molecule has 0 aromatic carbocycles. The van der Waals surface area contributed by atoms with E-state index in [4.69, 9.17) is 0 Å². The topological polar surface area (TPSA) is 239 Å². The van der Waals surface area contributed by atoms with Crippen molar-refractivity contribution in [2.75, 3.05) is 40.4 Å². The summed E-state index contributed by atoms with van der Waals surface area (Å²) in [6.45, 7) is 5.57. The molecule has 0 bridgehead atoms. The maximum absolute atomic E-state index is 13.0. The van der Waals surface area contributed by atoms with Crippen LogP contribution in [0.15, 0.2) is 20.0 Å². The first kappa shape index (κ1) is 71.4. The highest BCUT2D eigenvalue weighted by molar-refractivity contribution is 6.03. The number of rotatable bonds is 49. The average molecular weight is 1020 g/mol. The SMILES string of the molecule is CCCCCC.COC(=O)CCCCCCCCC(=O)C(CCCCCCN=C=O)C(=O)CCCCCCCCC(=O)OC.O=C=NCCCCCCCC(=O)C(CCCCCCN=C=O)C(=O)CN=C=O. The molecule has 0 radical (unpaired) electrons. The number of hydrogen-bond acceptors (Lipinski definition) is 16. The van der Waals surface area contributed by atoms with Gasteiger partial charge in [0, 0.05) is 32.1 Å². The van der Waals surface area contributed by atoms with Crippen molar-refractivity contribution in [2.45, 2.75) is 245 Å². The van der Waals surface area contributed by atoms with Crippen LogP contribution >= 0.6 is 0 Å². The van der Waals surface area contributed by atoms with Gasteiger partial charge in [-0.05, 0) is 64.2 Å². The number of carbonyl (C=O) groups is 6. The van der Waals surface area contributed by atoms with Crippen LogP contribution in [0.4, 0.5) is 0 Å². The zero-order chi connectivity index (χ0) is 54.0. The van der Waals surface area contributed by atoms with Crippen LogP contribution in [0.1, 0.15) is 245 Å². The van der Waals surface area contributed by atoms with Crippen molar-refractivity contribution in [3.05, 3.63) is 0 Å². The van der Waals surface area contributed by atoms with Gasteiger partial charge in [0.05, 0.1) is 45.7 Å². The first-order valence-corrected chi connectivity index (χ1v) is 27.4. The van der Waals surface area contributed by atoms with Crippen molar-refractivity contribution in [1.82, 2.24) is 0 Å². The van der Waals surface area contributed by atoms with Gasteiger partial charge in [-0.25, -0.2) is 34.2 Å². The lowest BCUT2D eigenvalue weighted by Gasteiger charge is -2.15. The third-order valence-corrected chi connectivity index (χ3v) is 12.3. The molecule has 0 aromatic rings. The molecule has 16 nitrogen and oxygen atoms in total. The number of hydrogen-bond donors (Lipinski definition) is 0. The lowest BCUT2D eigenvalue weighted by molar-refractivity contribution is -0.141. The second-order valence-electron chi connectivity index (χ2n) is 18.3. The Morgan fingerprint density at radius 2 is 0.597 bits per heavy atom. The zero-order valence-corrected chi connectivity index (χ0v) is 45.1. The fourth-order valence-electron chi connectivity index (χ4n) is 7.94. The molecule has 0 rings (SSSR count). The molecule has 0 saturated heterocycles.